The molecule has 1 aromatic rings. The van der Waals surface area contributed by atoms with Crippen molar-refractivity contribution in [3.63, 3.8) is 0 Å². The Morgan fingerprint density at radius 1 is 0.771 bits per heavy atom. The van der Waals surface area contributed by atoms with Crippen molar-refractivity contribution in [2.24, 2.45) is 0 Å². The molecular weight excluding hydrogens is 452 g/mol. The zero-order valence-corrected chi connectivity index (χ0v) is 20.4. The van der Waals surface area contributed by atoms with E-state index in [0.29, 0.717) is 6.61 Å². The molecule has 7 rings (SSSR count). The zero-order chi connectivity index (χ0) is 23.5. The molecule has 0 aromatic heterocycles. The van der Waals surface area contributed by atoms with Crippen LogP contribution in [-0.2, 0) is 39.8 Å². The standard InChI is InChI=1S/C27H36O8/c1-28-18-8-6-17(7-9-18)15-30-25-24(34-27(35-25)12-4-5-13-27)23-22-20(14-19(31-23)21-16-29-21)32-26(33-22)10-2-3-11-26/h6-9,19-25H,2-5,10-16H2,1H3/t19-,20-,21+,22-,23-,24-,25-/m0/s1. The Bertz CT molecular complexity index is 889. The van der Waals surface area contributed by atoms with Crippen LogP contribution in [0.15, 0.2) is 24.3 Å². The molecule has 6 fully saturated rings. The predicted octanol–water partition coefficient (Wildman–Crippen LogP) is 3.83. The van der Waals surface area contributed by atoms with Gasteiger partial charge in [-0.2, -0.15) is 0 Å². The number of benzene rings is 1. The van der Waals surface area contributed by atoms with Crippen molar-refractivity contribution in [3.8, 4) is 5.75 Å². The molecule has 2 saturated carbocycles. The third-order valence-corrected chi connectivity index (χ3v) is 8.56. The topological polar surface area (TPSA) is 77.1 Å². The normalized spacial score (nSPS) is 41.0. The van der Waals surface area contributed by atoms with E-state index in [1.165, 1.54) is 0 Å². The fourth-order valence-corrected chi connectivity index (χ4v) is 6.65. The lowest BCUT2D eigenvalue weighted by atomic mass is 9.93. The number of methoxy groups -OCH3 is 1. The molecule has 8 heteroatoms. The lowest BCUT2D eigenvalue weighted by Gasteiger charge is -2.39. The maximum atomic E-state index is 6.73. The minimum absolute atomic E-state index is 0.0210. The largest absolute Gasteiger partial charge is 0.497 e. The molecule has 0 bridgehead atoms. The van der Waals surface area contributed by atoms with E-state index in [2.05, 4.69) is 0 Å². The number of hydrogen-bond acceptors (Lipinski definition) is 8. The van der Waals surface area contributed by atoms with Crippen molar-refractivity contribution in [2.45, 2.75) is 119 Å². The van der Waals surface area contributed by atoms with E-state index in [9.17, 15) is 0 Å². The first-order valence-corrected chi connectivity index (χ1v) is 13.4. The Balaban J connectivity index is 1.14. The zero-order valence-electron chi connectivity index (χ0n) is 20.4. The second-order valence-electron chi connectivity index (χ2n) is 10.9. The van der Waals surface area contributed by atoms with Crippen molar-refractivity contribution in [2.75, 3.05) is 13.7 Å². The van der Waals surface area contributed by atoms with Gasteiger partial charge in [0.05, 0.1) is 32.5 Å². The molecule has 7 atom stereocenters. The summed E-state index contributed by atoms with van der Waals surface area (Å²) < 4.78 is 50.6. The molecule has 0 radical (unpaired) electrons. The Hall–Kier alpha value is -1.26. The predicted molar refractivity (Wildman–Crippen MR) is 123 cm³/mol. The molecule has 0 unspecified atom stereocenters. The molecule has 35 heavy (non-hydrogen) atoms. The first-order valence-electron chi connectivity index (χ1n) is 13.4. The van der Waals surface area contributed by atoms with Gasteiger partial charge in [0.1, 0.15) is 30.2 Å². The van der Waals surface area contributed by atoms with E-state index < -0.39 is 17.9 Å². The molecule has 8 nitrogen and oxygen atoms in total. The summed E-state index contributed by atoms with van der Waals surface area (Å²) in [6.45, 7) is 1.16. The van der Waals surface area contributed by atoms with Gasteiger partial charge in [-0.05, 0) is 43.4 Å². The third-order valence-electron chi connectivity index (χ3n) is 8.56. The number of ether oxygens (including phenoxy) is 8. The highest BCUT2D eigenvalue weighted by Gasteiger charge is 2.62. The summed E-state index contributed by atoms with van der Waals surface area (Å²) in [5.41, 5.74) is 1.05. The van der Waals surface area contributed by atoms with Crippen LogP contribution < -0.4 is 4.74 Å². The van der Waals surface area contributed by atoms with Gasteiger partial charge in [0.15, 0.2) is 17.9 Å². The van der Waals surface area contributed by atoms with Gasteiger partial charge in [0.2, 0.25) is 0 Å². The quantitative estimate of drug-likeness (QED) is 0.559. The first-order chi connectivity index (χ1) is 17.1. The SMILES string of the molecule is COc1ccc(CO[C@H]2OC3(CCCC3)O[C@H]2[C@H]2O[C@H]([C@H]3CO3)C[C@@H]3OC4(CCCC4)O[C@H]23)cc1. The third kappa shape index (κ3) is 4.31. The molecule has 4 aliphatic heterocycles. The fraction of sp³-hybridized carbons (Fsp3) is 0.778. The van der Waals surface area contributed by atoms with E-state index >= 15 is 0 Å². The second-order valence-corrected chi connectivity index (χ2v) is 10.9. The lowest BCUT2D eigenvalue weighted by molar-refractivity contribution is -0.216. The highest BCUT2D eigenvalue weighted by atomic mass is 16.8. The molecule has 4 heterocycles. The van der Waals surface area contributed by atoms with Crippen LogP contribution >= 0.6 is 0 Å². The maximum absolute atomic E-state index is 6.73. The van der Waals surface area contributed by atoms with Gasteiger partial charge in [-0.3, -0.25) is 0 Å². The van der Waals surface area contributed by atoms with Crippen molar-refractivity contribution >= 4 is 0 Å². The lowest BCUT2D eigenvalue weighted by Crippen LogP contribution is -2.56. The molecule has 0 N–H and O–H groups in total. The van der Waals surface area contributed by atoms with Crippen molar-refractivity contribution in [1.82, 2.24) is 0 Å². The molecule has 192 valence electrons. The Labute approximate surface area is 206 Å². The molecule has 4 saturated heterocycles. The summed E-state index contributed by atoms with van der Waals surface area (Å²) in [6.07, 6.45) is 7.54. The summed E-state index contributed by atoms with van der Waals surface area (Å²) in [7, 11) is 1.67. The van der Waals surface area contributed by atoms with Gasteiger partial charge in [-0.15, -0.1) is 0 Å². The van der Waals surface area contributed by atoms with Gasteiger partial charge < -0.3 is 37.9 Å². The van der Waals surface area contributed by atoms with Crippen molar-refractivity contribution < 1.29 is 37.9 Å². The number of rotatable bonds is 6. The minimum Gasteiger partial charge on any atom is -0.497 e. The summed E-state index contributed by atoms with van der Waals surface area (Å²) in [5.74, 6) is -0.242. The van der Waals surface area contributed by atoms with Crippen LogP contribution in [0, 0.1) is 0 Å². The van der Waals surface area contributed by atoms with Crippen LogP contribution in [0.4, 0.5) is 0 Å². The summed E-state index contributed by atoms with van der Waals surface area (Å²) in [5, 5.41) is 0. The van der Waals surface area contributed by atoms with E-state index in [0.717, 1.165) is 75.7 Å². The van der Waals surface area contributed by atoms with Crippen molar-refractivity contribution in [1.29, 1.82) is 0 Å². The number of hydrogen-bond donors (Lipinski definition) is 0. The molecule has 6 aliphatic rings. The minimum atomic E-state index is -0.596. The van der Waals surface area contributed by atoms with E-state index in [1.807, 2.05) is 24.3 Å². The van der Waals surface area contributed by atoms with Crippen LogP contribution in [0.2, 0.25) is 0 Å². The highest BCUT2D eigenvalue weighted by Crippen LogP contribution is 2.50. The summed E-state index contributed by atoms with van der Waals surface area (Å²) in [4.78, 5) is 0. The second kappa shape index (κ2) is 8.94. The number of epoxide rings is 1. The van der Waals surface area contributed by atoms with E-state index in [1.54, 1.807) is 7.11 Å². The van der Waals surface area contributed by atoms with E-state index in [-0.39, 0.29) is 36.6 Å². The van der Waals surface area contributed by atoms with Gasteiger partial charge >= 0.3 is 0 Å². The first kappa shape index (κ1) is 22.9. The fourth-order valence-electron chi connectivity index (χ4n) is 6.65. The molecule has 0 amide bonds. The molecular formula is C27H36O8. The average Bonchev–Trinajstić information content (AvgIpc) is 3.20. The summed E-state index contributed by atoms with van der Waals surface area (Å²) >= 11 is 0. The monoisotopic (exact) mass is 488 g/mol. The van der Waals surface area contributed by atoms with Gasteiger partial charge in [0, 0.05) is 32.1 Å². The molecule has 2 aliphatic carbocycles. The van der Waals surface area contributed by atoms with Crippen LogP contribution in [0.25, 0.3) is 0 Å². The average molecular weight is 489 g/mol. The van der Waals surface area contributed by atoms with Crippen LogP contribution in [0.1, 0.15) is 63.4 Å². The molecule has 2 spiro atoms. The van der Waals surface area contributed by atoms with Crippen molar-refractivity contribution in [3.05, 3.63) is 29.8 Å². The van der Waals surface area contributed by atoms with Gasteiger partial charge in [-0.1, -0.05) is 12.1 Å². The van der Waals surface area contributed by atoms with Gasteiger partial charge in [-0.25, -0.2) is 0 Å². The Morgan fingerprint density at radius 3 is 2.09 bits per heavy atom. The summed E-state index contributed by atoms with van der Waals surface area (Å²) in [6, 6.07) is 7.92. The highest BCUT2D eigenvalue weighted by molar-refractivity contribution is 5.26. The van der Waals surface area contributed by atoms with Crippen LogP contribution in [0.3, 0.4) is 0 Å². The molecule has 1 aromatic carbocycles. The van der Waals surface area contributed by atoms with E-state index in [4.69, 9.17) is 37.9 Å². The smallest absolute Gasteiger partial charge is 0.190 e. The number of fused-ring (bicyclic) bond motifs is 1. The van der Waals surface area contributed by atoms with Gasteiger partial charge in [0.25, 0.3) is 0 Å². The Kier molecular flexibility index (Phi) is 5.85. The van der Waals surface area contributed by atoms with Crippen LogP contribution in [-0.4, -0.2) is 68.2 Å². The Morgan fingerprint density at radius 2 is 1.43 bits per heavy atom. The van der Waals surface area contributed by atoms with Crippen LogP contribution in [0.5, 0.6) is 5.75 Å². The maximum Gasteiger partial charge on any atom is 0.190 e.